The molecule has 1 aliphatic heterocycles. The maximum absolute atomic E-state index is 11.7. The average Bonchev–Trinajstić information content (AvgIpc) is 3.10. The molecule has 3 rings (SSSR count). The normalized spacial score (nSPS) is 30.4. The maximum atomic E-state index is 11.7. The first-order valence-electron chi connectivity index (χ1n) is 7.59. The van der Waals surface area contributed by atoms with Gasteiger partial charge in [0.15, 0.2) is 5.82 Å². The van der Waals surface area contributed by atoms with Crippen molar-refractivity contribution in [3.63, 3.8) is 0 Å². The van der Waals surface area contributed by atoms with E-state index in [9.17, 15) is 4.79 Å². The molecule has 110 valence electrons. The number of nitrogens with one attached hydrogen (secondary N) is 2. The molecule has 1 saturated heterocycles. The molecule has 1 aliphatic carbocycles. The molecule has 2 aliphatic rings. The van der Waals surface area contributed by atoms with Crippen LogP contribution in [0.5, 0.6) is 0 Å². The van der Waals surface area contributed by atoms with Gasteiger partial charge in [-0.15, -0.1) is 0 Å². The van der Waals surface area contributed by atoms with Crippen LogP contribution in [0.3, 0.4) is 0 Å². The lowest BCUT2D eigenvalue weighted by molar-refractivity contribution is -0.124. The molecule has 2 N–H and O–H groups in total. The molecule has 0 spiro atoms. The number of hydrogen-bond donors (Lipinski definition) is 2. The largest absolute Gasteiger partial charge is 0.353 e. The third-order valence-electron chi connectivity index (χ3n) is 4.48. The minimum absolute atomic E-state index is 0.0166. The van der Waals surface area contributed by atoms with Gasteiger partial charge in [0, 0.05) is 19.0 Å². The number of amides is 1. The second-order valence-electron chi connectivity index (χ2n) is 5.83. The zero-order valence-corrected chi connectivity index (χ0v) is 11.9. The van der Waals surface area contributed by atoms with E-state index < -0.39 is 0 Å². The SMILES string of the molecule is CCC1CCC(c2noc(CC3NCCNC3=O)n2)C1. The first-order chi connectivity index (χ1) is 9.76. The highest BCUT2D eigenvalue weighted by atomic mass is 16.5. The summed E-state index contributed by atoms with van der Waals surface area (Å²) in [4.78, 5) is 16.2. The zero-order valence-electron chi connectivity index (χ0n) is 11.9. The lowest BCUT2D eigenvalue weighted by Gasteiger charge is -2.21. The molecule has 0 aromatic carbocycles. The zero-order chi connectivity index (χ0) is 13.9. The Kier molecular flexibility index (Phi) is 4.00. The van der Waals surface area contributed by atoms with E-state index in [1.165, 1.54) is 12.8 Å². The second kappa shape index (κ2) is 5.91. The van der Waals surface area contributed by atoms with Gasteiger partial charge in [-0.25, -0.2) is 0 Å². The summed E-state index contributed by atoms with van der Waals surface area (Å²) in [5.41, 5.74) is 0. The van der Waals surface area contributed by atoms with Crippen molar-refractivity contribution in [3.8, 4) is 0 Å². The van der Waals surface area contributed by atoms with Crippen LogP contribution in [0.2, 0.25) is 0 Å². The number of aromatic nitrogens is 2. The Balaban J connectivity index is 1.60. The molecule has 6 nitrogen and oxygen atoms in total. The van der Waals surface area contributed by atoms with E-state index in [1.807, 2.05) is 0 Å². The molecule has 2 heterocycles. The third kappa shape index (κ3) is 2.85. The maximum Gasteiger partial charge on any atom is 0.237 e. The topological polar surface area (TPSA) is 80.0 Å². The van der Waals surface area contributed by atoms with Crippen LogP contribution in [0, 0.1) is 5.92 Å². The number of carbonyl (C=O) groups excluding carboxylic acids is 1. The molecule has 0 radical (unpaired) electrons. The fourth-order valence-electron chi connectivity index (χ4n) is 3.18. The van der Waals surface area contributed by atoms with Gasteiger partial charge in [-0.05, 0) is 25.2 Å². The van der Waals surface area contributed by atoms with E-state index in [2.05, 4.69) is 27.7 Å². The van der Waals surface area contributed by atoms with Gasteiger partial charge in [-0.2, -0.15) is 4.98 Å². The summed E-state index contributed by atoms with van der Waals surface area (Å²) < 4.78 is 5.32. The molecule has 0 bridgehead atoms. The Hall–Kier alpha value is -1.43. The molecule has 3 unspecified atom stereocenters. The van der Waals surface area contributed by atoms with Crippen LogP contribution in [-0.4, -0.2) is 35.2 Å². The molecule has 1 aromatic heterocycles. The van der Waals surface area contributed by atoms with Crippen LogP contribution >= 0.6 is 0 Å². The monoisotopic (exact) mass is 278 g/mol. The fourth-order valence-corrected chi connectivity index (χ4v) is 3.18. The van der Waals surface area contributed by atoms with Gasteiger partial charge in [0.1, 0.15) is 0 Å². The summed E-state index contributed by atoms with van der Waals surface area (Å²) >= 11 is 0. The predicted molar refractivity (Wildman–Crippen MR) is 73.2 cm³/mol. The van der Waals surface area contributed by atoms with Crippen LogP contribution in [-0.2, 0) is 11.2 Å². The highest BCUT2D eigenvalue weighted by Gasteiger charge is 2.29. The molecule has 1 saturated carbocycles. The Bertz CT molecular complexity index is 473. The minimum Gasteiger partial charge on any atom is -0.353 e. The standard InChI is InChI=1S/C14H22N4O2/c1-2-9-3-4-10(7-9)13-17-12(20-18-13)8-11-14(19)16-6-5-15-11/h9-11,15H,2-8H2,1H3,(H,16,19). The van der Waals surface area contributed by atoms with E-state index in [0.717, 1.165) is 31.1 Å². The van der Waals surface area contributed by atoms with Crippen molar-refractivity contribution in [1.82, 2.24) is 20.8 Å². The van der Waals surface area contributed by atoms with Crippen LogP contribution < -0.4 is 10.6 Å². The van der Waals surface area contributed by atoms with E-state index in [4.69, 9.17) is 4.52 Å². The first kappa shape index (κ1) is 13.5. The Labute approximate surface area is 118 Å². The van der Waals surface area contributed by atoms with Gasteiger partial charge < -0.3 is 15.2 Å². The third-order valence-corrected chi connectivity index (χ3v) is 4.48. The molecule has 2 fully saturated rings. The predicted octanol–water partition coefficient (Wildman–Crippen LogP) is 0.994. The first-order valence-corrected chi connectivity index (χ1v) is 7.59. The smallest absolute Gasteiger partial charge is 0.237 e. The number of rotatable bonds is 4. The fraction of sp³-hybridized carbons (Fsp3) is 0.786. The Morgan fingerprint density at radius 1 is 1.35 bits per heavy atom. The summed E-state index contributed by atoms with van der Waals surface area (Å²) in [6, 6.07) is -0.246. The van der Waals surface area contributed by atoms with Crippen molar-refractivity contribution in [2.75, 3.05) is 13.1 Å². The van der Waals surface area contributed by atoms with E-state index in [0.29, 0.717) is 24.8 Å². The van der Waals surface area contributed by atoms with Crippen LogP contribution in [0.1, 0.15) is 50.2 Å². The second-order valence-corrected chi connectivity index (χ2v) is 5.83. The van der Waals surface area contributed by atoms with Crippen LogP contribution in [0.25, 0.3) is 0 Å². The molecule has 1 aromatic rings. The van der Waals surface area contributed by atoms with Crippen molar-refractivity contribution in [3.05, 3.63) is 11.7 Å². The van der Waals surface area contributed by atoms with Gasteiger partial charge in [-0.3, -0.25) is 4.79 Å². The Morgan fingerprint density at radius 3 is 3.00 bits per heavy atom. The van der Waals surface area contributed by atoms with Crippen LogP contribution in [0.15, 0.2) is 4.52 Å². The van der Waals surface area contributed by atoms with E-state index in [-0.39, 0.29) is 11.9 Å². The average molecular weight is 278 g/mol. The molecule has 6 heteroatoms. The molecule has 3 atom stereocenters. The Morgan fingerprint density at radius 2 is 2.25 bits per heavy atom. The summed E-state index contributed by atoms with van der Waals surface area (Å²) in [7, 11) is 0. The number of nitrogens with zero attached hydrogens (tertiary/aromatic N) is 2. The highest BCUT2D eigenvalue weighted by Crippen LogP contribution is 2.38. The van der Waals surface area contributed by atoms with Crippen molar-refractivity contribution < 1.29 is 9.32 Å². The molecule has 20 heavy (non-hydrogen) atoms. The van der Waals surface area contributed by atoms with E-state index >= 15 is 0 Å². The minimum atomic E-state index is -0.246. The van der Waals surface area contributed by atoms with Gasteiger partial charge in [0.25, 0.3) is 0 Å². The molecular formula is C14H22N4O2. The van der Waals surface area contributed by atoms with Crippen LogP contribution in [0.4, 0.5) is 0 Å². The van der Waals surface area contributed by atoms with Gasteiger partial charge in [-0.1, -0.05) is 18.5 Å². The summed E-state index contributed by atoms with van der Waals surface area (Å²) in [6.45, 7) is 3.71. The van der Waals surface area contributed by atoms with Gasteiger partial charge in [0.05, 0.1) is 12.5 Å². The summed E-state index contributed by atoms with van der Waals surface area (Å²) in [6.07, 6.45) is 5.28. The summed E-state index contributed by atoms with van der Waals surface area (Å²) in [5, 5.41) is 10.1. The number of carbonyl (C=O) groups is 1. The van der Waals surface area contributed by atoms with E-state index in [1.54, 1.807) is 0 Å². The van der Waals surface area contributed by atoms with Crippen molar-refractivity contribution >= 4 is 5.91 Å². The van der Waals surface area contributed by atoms with Gasteiger partial charge in [0.2, 0.25) is 11.8 Å². The lowest BCUT2D eigenvalue weighted by Crippen LogP contribution is -2.53. The lowest BCUT2D eigenvalue weighted by atomic mass is 10.0. The van der Waals surface area contributed by atoms with Crippen molar-refractivity contribution in [1.29, 1.82) is 0 Å². The summed E-state index contributed by atoms with van der Waals surface area (Å²) in [5.74, 6) is 2.64. The number of hydrogen-bond acceptors (Lipinski definition) is 5. The number of piperazine rings is 1. The van der Waals surface area contributed by atoms with Crippen molar-refractivity contribution in [2.45, 2.75) is 51.0 Å². The molecular weight excluding hydrogens is 256 g/mol. The van der Waals surface area contributed by atoms with Crippen molar-refractivity contribution in [2.24, 2.45) is 5.92 Å². The quantitative estimate of drug-likeness (QED) is 0.858. The highest BCUT2D eigenvalue weighted by molar-refractivity contribution is 5.82. The van der Waals surface area contributed by atoms with Gasteiger partial charge >= 0.3 is 0 Å². The molecule has 1 amide bonds.